The van der Waals surface area contributed by atoms with Crippen molar-refractivity contribution in [2.45, 2.75) is 11.4 Å². The fraction of sp³-hybridized carbons (Fsp3) is 0.200. The van der Waals surface area contributed by atoms with Gasteiger partial charge in [0.25, 0.3) is 5.91 Å². The van der Waals surface area contributed by atoms with Gasteiger partial charge in [0.1, 0.15) is 5.82 Å². The van der Waals surface area contributed by atoms with E-state index in [2.05, 4.69) is 10.4 Å². The lowest BCUT2D eigenvalue weighted by molar-refractivity contribution is 0.102. The van der Waals surface area contributed by atoms with Crippen molar-refractivity contribution in [2.75, 3.05) is 30.6 Å². The van der Waals surface area contributed by atoms with Gasteiger partial charge in [0.2, 0.25) is 0 Å². The molecule has 0 unspecified atom stereocenters. The van der Waals surface area contributed by atoms with Crippen molar-refractivity contribution in [3.63, 3.8) is 0 Å². The molecule has 0 radical (unpaired) electrons. The quantitative estimate of drug-likeness (QED) is 0.646. The number of carbonyl (C=O) groups excluding carboxylic acids is 1. The highest BCUT2D eigenvalue weighted by Crippen LogP contribution is 2.22. The Morgan fingerprint density at radius 2 is 1.83 bits per heavy atom. The molecule has 0 spiro atoms. The summed E-state index contributed by atoms with van der Waals surface area (Å²) in [5.41, 5.74) is 2.19. The first-order valence-electron chi connectivity index (χ1n) is 8.74. The minimum Gasteiger partial charge on any atom is -0.378 e. The number of rotatable bonds is 6. The third kappa shape index (κ3) is 4.96. The Hall–Kier alpha value is -2.84. The molecule has 0 atom stereocenters. The normalized spacial score (nSPS) is 11.3. The molecule has 1 heterocycles. The number of aromatic nitrogens is 2. The zero-order chi connectivity index (χ0) is 21.2. The summed E-state index contributed by atoms with van der Waals surface area (Å²) < 4.78 is 25.2. The second-order valence-electron chi connectivity index (χ2n) is 6.80. The minimum absolute atomic E-state index is 0.0292. The number of nitrogens with one attached hydrogen (secondary N) is 1. The van der Waals surface area contributed by atoms with Crippen LogP contribution >= 0.6 is 11.6 Å². The van der Waals surface area contributed by atoms with Crippen molar-refractivity contribution in [3.05, 3.63) is 70.9 Å². The lowest BCUT2D eigenvalue weighted by Gasteiger charge is -2.14. The molecule has 7 nitrogen and oxygen atoms in total. The van der Waals surface area contributed by atoms with Crippen LogP contribution < -0.4 is 10.2 Å². The monoisotopic (exact) mass is 432 g/mol. The van der Waals surface area contributed by atoms with Crippen LogP contribution in [-0.4, -0.2) is 44.5 Å². The summed E-state index contributed by atoms with van der Waals surface area (Å²) in [7, 11) is 0.489. The molecule has 29 heavy (non-hydrogen) atoms. The molecule has 0 aliphatic rings. The van der Waals surface area contributed by atoms with Gasteiger partial charge in [0.05, 0.1) is 28.2 Å². The van der Waals surface area contributed by atoms with E-state index in [0.29, 0.717) is 12.4 Å². The van der Waals surface area contributed by atoms with Gasteiger partial charge in [-0.25, -0.2) is 13.1 Å². The summed E-state index contributed by atoms with van der Waals surface area (Å²) in [5.74, 6) is -0.0299. The molecule has 0 aliphatic carbocycles. The Labute approximate surface area is 174 Å². The topological polar surface area (TPSA) is 84.3 Å². The Balaban J connectivity index is 1.80. The van der Waals surface area contributed by atoms with Crippen molar-refractivity contribution in [1.82, 2.24) is 9.78 Å². The highest BCUT2D eigenvalue weighted by atomic mass is 35.5. The van der Waals surface area contributed by atoms with Gasteiger partial charge < -0.3 is 10.2 Å². The molecule has 1 amide bonds. The van der Waals surface area contributed by atoms with Gasteiger partial charge in [-0.15, -0.1) is 0 Å². The number of amides is 1. The van der Waals surface area contributed by atoms with Gasteiger partial charge in [-0.1, -0.05) is 23.7 Å². The zero-order valence-corrected chi connectivity index (χ0v) is 17.8. The van der Waals surface area contributed by atoms with Crippen molar-refractivity contribution in [1.29, 1.82) is 0 Å². The maximum atomic E-state index is 12.7. The highest BCUT2D eigenvalue weighted by molar-refractivity contribution is 7.90. The van der Waals surface area contributed by atoms with Gasteiger partial charge in [-0.05, 0) is 35.9 Å². The van der Waals surface area contributed by atoms with Crippen LogP contribution in [0.2, 0.25) is 5.02 Å². The fourth-order valence-corrected chi connectivity index (χ4v) is 3.58. The van der Waals surface area contributed by atoms with E-state index in [1.165, 1.54) is 18.2 Å². The first kappa shape index (κ1) is 20.9. The Bertz CT molecular complexity index is 1140. The Morgan fingerprint density at radius 1 is 1.14 bits per heavy atom. The lowest BCUT2D eigenvalue weighted by Crippen LogP contribution is -2.17. The molecule has 1 aromatic heterocycles. The number of sulfone groups is 1. The number of carbonyl (C=O) groups is 1. The van der Waals surface area contributed by atoms with Gasteiger partial charge in [-0.2, -0.15) is 5.10 Å². The van der Waals surface area contributed by atoms with Crippen LogP contribution in [0.25, 0.3) is 0 Å². The summed E-state index contributed by atoms with van der Waals surface area (Å²) >= 11 is 6.11. The summed E-state index contributed by atoms with van der Waals surface area (Å²) in [4.78, 5) is 14.7. The molecular weight excluding hydrogens is 412 g/mol. The predicted molar refractivity (Wildman–Crippen MR) is 115 cm³/mol. The van der Waals surface area contributed by atoms with Crippen molar-refractivity contribution >= 4 is 38.9 Å². The van der Waals surface area contributed by atoms with Crippen LogP contribution in [0.5, 0.6) is 0 Å². The van der Waals surface area contributed by atoms with Crippen molar-refractivity contribution in [3.8, 4) is 0 Å². The van der Waals surface area contributed by atoms with Crippen LogP contribution in [0.4, 0.5) is 11.5 Å². The number of halogens is 1. The number of nitrogens with zero attached hydrogens (tertiary/aromatic N) is 3. The summed E-state index contributed by atoms with van der Waals surface area (Å²) in [5, 5.41) is 7.17. The third-order valence-electron chi connectivity index (χ3n) is 4.35. The predicted octanol–water partition coefficient (Wildman–Crippen LogP) is 3.31. The van der Waals surface area contributed by atoms with E-state index in [4.69, 9.17) is 11.6 Å². The maximum absolute atomic E-state index is 12.7. The van der Waals surface area contributed by atoms with Crippen LogP contribution in [0, 0.1) is 0 Å². The molecule has 0 bridgehead atoms. The van der Waals surface area contributed by atoms with Crippen molar-refractivity contribution in [2.24, 2.45) is 0 Å². The molecule has 2 aromatic carbocycles. The molecule has 9 heteroatoms. The minimum atomic E-state index is -3.46. The van der Waals surface area contributed by atoms with E-state index in [1.807, 2.05) is 43.3 Å². The number of hydrogen-bond donors (Lipinski definition) is 1. The van der Waals surface area contributed by atoms with E-state index in [0.717, 1.165) is 17.5 Å². The molecule has 3 aromatic rings. The fourth-order valence-electron chi connectivity index (χ4n) is 2.73. The molecule has 0 saturated heterocycles. The molecule has 0 saturated carbocycles. The molecule has 0 fully saturated rings. The lowest BCUT2D eigenvalue weighted by atomic mass is 10.2. The average molecular weight is 433 g/mol. The van der Waals surface area contributed by atoms with E-state index in [1.54, 1.807) is 16.9 Å². The summed E-state index contributed by atoms with van der Waals surface area (Å²) in [6.07, 6.45) is 2.66. The summed E-state index contributed by atoms with van der Waals surface area (Å²) in [6.45, 7) is 0.466. The first-order chi connectivity index (χ1) is 13.6. The van der Waals surface area contributed by atoms with E-state index in [9.17, 15) is 13.2 Å². The number of anilines is 2. The third-order valence-corrected chi connectivity index (χ3v) is 5.79. The largest absolute Gasteiger partial charge is 0.378 e. The van der Waals surface area contributed by atoms with Crippen LogP contribution in [-0.2, 0) is 16.4 Å². The van der Waals surface area contributed by atoms with E-state index >= 15 is 0 Å². The highest BCUT2D eigenvalue weighted by Gasteiger charge is 2.17. The van der Waals surface area contributed by atoms with E-state index in [-0.39, 0.29) is 15.5 Å². The zero-order valence-electron chi connectivity index (χ0n) is 16.3. The Kier molecular flexibility index (Phi) is 5.95. The van der Waals surface area contributed by atoms with E-state index < -0.39 is 15.7 Å². The second-order valence-corrected chi connectivity index (χ2v) is 9.23. The molecule has 3 rings (SSSR count). The van der Waals surface area contributed by atoms with Gasteiger partial charge in [-0.3, -0.25) is 4.79 Å². The molecular formula is C20H21ClN4O3S. The number of hydrogen-bond acceptors (Lipinski definition) is 5. The van der Waals surface area contributed by atoms with Crippen molar-refractivity contribution < 1.29 is 13.2 Å². The van der Waals surface area contributed by atoms with Crippen LogP contribution in [0.3, 0.4) is 0 Å². The first-order valence-corrected chi connectivity index (χ1v) is 11.0. The maximum Gasteiger partial charge on any atom is 0.258 e. The number of benzene rings is 2. The second kappa shape index (κ2) is 8.26. The Morgan fingerprint density at radius 3 is 2.45 bits per heavy atom. The van der Waals surface area contributed by atoms with Gasteiger partial charge in [0.15, 0.2) is 9.84 Å². The summed E-state index contributed by atoms with van der Waals surface area (Å²) in [6, 6.07) is 13.7. The molecule has 1 N–H and O–H groups in total. The molecule has 152 valence electrons. The van der Waals surface area contributed by atoms with Crippen LogP contribution in [0.1, 0.15) is 15.9 Å². The van der Waals surface area contributed by atoms with Gasteiger partial charge >= 0.3 is 0 Å². The molecule has 0 aliphatic heterocycles. The van der Waals surface area contributed by atoms with Gasteiger partial charge in [0, 0.05) is 32.1 Å². The standard InChI is InChI=1S/C20H21ClN4O3S/c1-24(2)15-6-4-14(5-7-15)13-25-19(10-11-22-25)23-20(26)17-12-16(29(3,27)28)8-9-18(17)21/h4-12H,13H2,1-3H3,(H,23,26). The SMILES string of the molecule is CN(C)c1ccc(Cn2nccc2NC(=O)c2cc(S(C)(=O)=O)ccc2Cl)cc1. The van der Waals surface area contributed by atoms with Crippen LogP contribution in [0.15, 0.2) is 59.6 Å². The smallest absolute Gasteiger partial charge is 0.258 e. The average Bonchev–Trinajstić information content (AvgIpc) is 3.08.